The predicted molar refractivity (Wildman–Crippen MR) is 187 cm³/mol. The number of benzene rings is 1. The molecule has 6 aromatic rings. The number of carbonyl (C=O) groups is 1. The average molecular weight is 845 g/mol. The molecule has 0 N–H and O–H groups in total. The van der Waals surface area contributed by atoms with E-state index in [1.54, 1.807) is 29.4 Å². The van der Waals surface area contributed by atoms with Gasteiger partial charge in [-0.15, -0.1) is 0 Å². The van der Waals surface area contributed by atoms with Crippen LogP contribution < -0.4 is 45.0 Å². The number of aromatic carboxylic acids is 1. The van der Waals surface area contributed by atoms with Gasteiger partial charge in [0.25, 0.3) is 0 Å². The van der Waals surface area contributed by atoms with Gasteiger partial charge < -0.3 is 53.8 Å². The van der Waals surface area contributed by atoms with Gasteiger partial charge in [-0.25, -0.2) is 4.39 Å². The van der Waals surface area contributed by atoms with Gasteiger partial charge in [-0.3, -0.25) is 24.7 Å². The molecule has 1 fully saturated rings. The number of anilines is 1. The number of piperazine rings is 1. The third-order valence-corrected chi connectivity index (χ3v) is 8.37. The SMILES string of the molecule is C[C@H]1COc2c(N3CCN(C)CC3)c(F)cc3c(=O)c(C(=O)[O-])cn1c23.[Cl-].[Cl-].[Ru+3].c1ccc(-c2ccccn2)nc1.c1ccc(-c2ccccn2)nc1. The fourth-order valence-corrected chi connectivity index (χ4v) is 5.74. The third-order valence-electron chi connectivity index (χ3n) is 8.37. The number of nitrogens with zero attached hydrogens (tertiary/aromatic N) is 7. The largest absolute Gasteiger partial charge is 3.00 e. The number of carboxylic acids is 1. The first-order chi connectivity index (χ1) is 24.3. The number of hydrogen-bond acceptors (Lipinski definition) is 10. The first-order valence-electron chi connectivity index (χ1n) is 16.2. The molecular weight excluding hydrogens is 809 g/mol. The number of pyridine rings is 5. The average Bonchev–Trinajstić information content (AvgIpc) is 3.16. The molecule has 0 amide bonds. The van der Waals surface area contributed by atoms with Crippen LogP contribution in [0.25, 0.3) is 33.7 Å². The van der Waals surface area contributed by atoms with Gasteiger partial charge in [0.05, 0.1) is 51.3 Å². The van der Waals surface area contributed by atoms with Crippen molar-refractivity contribution in [1.82, 2.24) is 29.4 Å². The van der Waals surface area contributed by atoms with Gasteiger partial charge in [-0.1, -0.05) is 24.3 Å². The molecule has 5 aromatic heterocycles. The van der Waals surface area contributed by atoms with Crippen molar-refractivity contribution in [2.75, 3.05) is 44.7 Å². The van der Waals surface area contributed by atoms with Crippen LogP contribution >= 0.6 is 0 Å². The summed E-state index contributed by atoms with van der Waals surface area (Å²) >= 11 is 0. The molecule has 1 atom stereocenters. The molecule has 0 saturated carbocycles. The summed E-state index contributed by atoms with van der Waals surface area (Å²) in [5, 5.41) is 11.3. The molecular formula is C38H35Cl2FN7O4Ru. The molecule has 2 aliphatic heterocycles. The van der Waals surface area contributed by atoms with Crippen LogP contribution in [0, 0.1) is 5.82 Å². The fraction of sp³-hybridized carbons (Fsp3) is 0.211. The van der Waals surface area contributed by atoms with E-state index in [0.29, 0.717) is 30.0 Å². The molecule has 15 heteroatoms. The molecule has 8 rings (SSSR count). The van der Waals surface area contributed by atoms with E-state index < -0.39 is 22.8 Å². The maximum Gasteiger partial charge on any atom is 3.00 e. The van der Waals surface area contributed by atoms with Crippen LogP contribution in [0.2, 0.25) is 0 Å². The number of hydrogen-bond donors (Lipinski definition) is 0. The van der Waals surface area contributed by atoms with Gasteiger partial charge in [0.2, 0.25) is 0 Å². The number of rotatable bonds is 4. The Bertz CT molecular complexity index is 1980. The minimum Gasteiger partial charge on any atom is -1.00 e. The maximum absolute atomic E-state index is 15.0. The van der Waals surface area contributed by atoms with Gasteiger partial charge in [-0.2, -0.15) is 0 Å². The second-order valence-electron chi connectivity index (χ2n) is 11.8. The Morgan fingerprint density at radius 2 is 1.25 bits per heavy atom. The van der Waals surface area contributed by atoms with Crippen molar-refractivity contribution in [3.05, 3.63) is 131 Å². The van der Waals surface area contributed by atoms with E-state index in [4.69, 9.17) is 4.74 Å². The quantitative estimate of drug-likeness (QED) is 0.194. The van der Waals surface area contributed by atoms with Crippen LogP contribution in [-0.2, 0) is 19.5 Å². The fourth-order valence-electron chi connectivity index (χ4n) is 5.74. The summed E-state index contributed by atoms with van der Waals surface area (Å²) in [6.07, 6.45) is 8.35. The molecule has 1 radical (unpaired) electrons. The van der Waals surface area contributed by atoms with Crippen LogP contribution in [0.3, 0.4) is 0 Å². The summed E-state index contributed by atoms with van der Waals surface area (Å²) < 4.78 is 22.5. The molecule has 11 nitrogen and oxygen atoms in total. The third kappa shape index (κ3) is 10.00. The van der Waals surface area contributed by atoms with Crippen molar-refractivity contribution in [3.63, 3.8) is 0 Å². The monoisotopic (exact) mass is 844 g/mol. The molecule has 7 heterocycles. The summed E-state index contributed by atoms with van der Waals surface area (Å²) in [5.74, 6) is -1.83. The van der Waals surface area contributed by atoms with Crippen LogP contribution in [0.1, 0.15) is 23.3 Å². The summed E-state index contributed by atoms with van der Waals surface area (Å²) in [4.78, 5) is 44.7. The normalized spacial score (nSPS) is 14.3. The Labute approximate surface area is 331 Å². The summed E-state index contributed by atoms with van der Waals surface area (Å²) in [5.41, 5.74) is 3.22. The van der Waals surface area contributed by atoms with Crippen molar-refractivity contribution in [1.29, 1.82) is 0 Å². The minimum atomic E-state index is -1.57. The Kier molecular flexibility index (Phi) is 16.0. The van der Waals surface area contributed by atoms with Crippen LogP contribution in [0.4, 0.5) is 10.1 Å². The zero-order valence-electron chi connectivity index (χ0n) is 28.8. The minimum absolute atomic E-state index is 0. The predicted octanol–water partition coefficient (Wildman–Crippen LogP) is -1.50. The number of aromatic nitrogens is 5. The van der Waals surface area contributed by atoms with Crippen LogP contribution in [-0.4, -0.2) is 75.2 Å². The summed E-state index contributed by atoms with van der Waals surface area (Å²) in [6, 6.07) is 24.1. The number of likely N-dealkylation sites (N-methyl/N-ethyl adjacent to an activating group) is 1. The first kappa shape index (κ1) is 42.6. The van der Waals surface area contributed by atoms with Crippen molar-refractivity contribution >= 4 is 22.6 Å². The summed E-state index contributed by atoms with van der Waals surface area (Å²) in [6.45, 7) is 5.00. The van der Waals surface area contributed by atoms with Gasteiger partial charge in [0.1, 0.15) is 12.3 Å². The Hall–Kier alpha value is -4.81. The zero-order chi connectivity index (χ0) is 35.0. The zero-order valence-corrected chi connectivity index (χ0v) is 32.0. The van der Waals surface area contributed by atoms with Gasteiger partial charge in [-0.05, 0) is 68.6 Å². The van der Waals surface area contributed by atoms with E-state index in [9.17, 15) is 19.1 Å². The van der Waals surface area contributed by atoms with Crippen LogP contribution in [0.5, 0.6) is 5.75 Å². The van der Waals surface area contributed by atoms with Gasteiger partial charge in [0, 0.05) is 57.2 Å². The molecule has 0 unspecified atom stereocenters. The van der Waals surface area contributed by atoms with Crippen molar-refractivity contribution in [2.24, 2.45) is 0 Å². The molecule has 1 saturated heterocycles. The Balaban J connectivity index is 0.000000235. The first-order valence-corrected chi connectivity index (χ1v) is 16.2. The van der Waals surface area contributed by atoms with E-state index >= 15 is 0 Å². The van der Waals surface area contributed by atoms with Gasteiger partial charge >= 0.3 is 19.5 Å². The molecule has 0 spiro atoms. The molecule has 275 valence electrons. The van der Waals surface area contributed by atoms with Crippen LogP contribution in [0.15, 0.2) is 115 Å². The number of halogens is 3. The molecule has 0 bridgehead atoms. The Morgan fingerprint density at radius 1 is 0.792 bits per heavy atom. The van der Waals surface area contributed by atoms with E-state index in [-0.39, 0.29) is 62.3 Å². The number of ether oxygens (including phenoxy) is 1. The molecule has 1 aromatic carbocycles. The van der Waals surface area contributed by atoms with Gasteiger partial charge in [0.15, 0.2) is 17.0 Å². The van der Waals surface area contributed by atoms with E-state index in [0.717, 1.165) is 41.9 Å². The smallest absolute Gasteiger partial charge is 1.00 e. The van der Waals surface area contributed by atoms with E-state index in [1.165, 1.54) is 6.20 Å². The maximum atomic E-state index is 15.0. The summed E-state index contributed by atoms with van der Waals surface area (Å²) in [7, 11) is 2.01. The standard InChI is InChI=1S/C18H20FN3O4.2C10H8N2.2ClH.Ru/c1-10-9-26-17-14-11(16(23)12(18(24)25)8-22(10)14)7-13(19)15(17)21-5-3-20(2)4-6-21;2*1-3-7-11-9(5-1)10-6-2-4-8-12-10;;;/h7-8,10H,3-6,9H2,1-2H3,(H,24,25);2*1-8H;2*1H;/q;;;;;+3/p-3/t10-;;;;;/m0...../s1. The molecule has 2 aliphatic rings. The van der Waals surface area contributed by atoms with E-state index in [2.05, 4.69) is 24.8 Å². The number of carbonyl (C=O) groups excluding carboxylic acids is 1. The number of carboxylic acid groups (broad SMARTS) is 1. The second kappa shape index (κ2) is 19.9. The second-order valence-corrected chi connectivity index (χ2v) is 11.8. The van der Waals surface area contributed by atoms with Crippen molar-refractivity contribution in [3.8, 4) is 28.5 Å². The molecule has 0 aliphatic carbocycles. The van der Waals surface area contributed by atoms with Crippen molar-refractivity contribution in [2.45, 2.75) is 13.0 Å². The molecule has 53 heavy (non-hydrogen) atoms. The Morgan fingerprint density at radius 3 is 1.64 bits per heavy atom. The van der Waals surface area contributed by atoms with E-state index in [1.807, 2.05) is 91.7 Å². The van der Waals surface area contributed by atoms with Crippen molar-refractivity contribution < 1.29 is 63.3 Å². The topological polar surface area (TPSA) is 129 Å².